The minimum atomic E-state index is -3.66. The third-order valence-electron chi connectivity index (χ3n) is 5.63. The van der Waals surface area contributed by atoms with Crippen molar-refractivity contribution in [3.63, 3.8) is 0 Å². The lowest BCUT2D eigenvalue weighted by molar-refractivity contribution is -0.144. The number of carboxylic acid groups (broad SMARTS) is 1. The zero-order valence-corrected chi connectivity index (χ0v) is 16.3. The van der Waals surface area contributed by atoms with Crippen molar-refractivity contribution < 1.29 is 23.1 Å². The zero-order valence-electron chi connectivity index (χ0n) is 15.5. The minimum absolute atomic E-state index is 0.0796. The van der Waals surface area contributed by atoms with Crippen LogP contribution in [0.25, 0.3) is 0 Å². The summed E-state index contributed by atoms with van der Waals surface area (Å²) >= 11 is 0. The Hall–Kier alpha value is -1.93. The first kappa shape index (κ1) is 19.8. The van der Waals surface area contributed by atoms with Gasteiger partial charge in [0, 0.05) is 18.7 Å². The Kier molecular flexibility index (Phi) is 5.58. The molecule has 2 aliphatic rings. The standard InChI is InChI=1S/C19H26N2O5S/c1-14-7-8-15(27(25,26)21-11-5-2-6-12-21)13-16(14)17(22)20-19(18(23)24)9-3-4-10-19/h7-8,13H,2-6,9-12H2,1H3,(H,20,22)(H,23,24). The second-order valence-electron chi connectivity index (χ2n) is 7.49. The topological polar surface area (TPSA) is 104 Å². The number of nitrogens with zero attached hydrogens (tertiary/aromatic N) is 1. The molecule has 148 valence electrons. The monoisotopic (exact) mass is 394 g/mol. The Morgan fingerprint density at radius 2 is 1.70 bits per heavy atom. The molecule has 1 aliphatic carbocycles. The van der Waals surface area contributed by atoms with Crippen molar-refractivity contribution in [1.29, 1.82) is 0 Å². The Morgan fingerprint density at radius 3 is 2.30 bits per heavy atom. The molecule has 7 nitrogen and oxygen atoms in total. The van der Waals surface area contributed by atoms with Gasteiger partial charge in [-0.15, -0.1) is 0 Å². The van der Waals surface area contributed by atoms with E-state index in [1.165, 1.54) is 16.4 Å². The van der Waals surface area contributed by atoms with E-state index in [2.05, 4.69) is 5.32 Å². The number of benzene rings is 1. The van der Waals surface area contributed by atoms with Gasteiger partial charge in [0.25, 0.3) is 5.91 Å². The van der Waals surface area contributed by atoms with Crippen LogP contribution in [0.4, 0.5) is 0 Å². The lowest BCUT2D eigenvalue weighted by Crippen LogP contribution is -2.52. The molecule has 1 heterocycles. The van der Waals surface area contributed by atoms with Crippen molar-refractivity contribution in [3.05, 3.63) is 29.3 Å². The first-order valence-corrected chi connectivity index (χ1v) is 10.9. The van der Waals surface area contributed by atoms with Crippen LogP contribution in [0.3, 0.4) is 0 Å². The molecule has 0 unspecified atom stereocenters. The molecule has 2 N–H and O–H groups in total. The van der Waals surface area contributed by atoms with Crippen LogP contribution in [0.15, 0.2) is 23.1 Å². The Labute approximate surface area is 159 Å². The number of hydrogen-bond donors (Lipinski definition) is 2. The van der Waals surface area contributed by atoms with Crippen LogP contribution < -0.4 is 5.32 Å². The van der Waals surface area contributed by atoms with Gasteiger partial charge >= 0.3 is 5.97 Å². The average molecular weight is 394 g/mol. The van der Waals surface area contributed by atoms with E-state index in [-0.39, 0.29) is 10.5 Å². The maximum atomic E-state index is 12.9. The number of sulfonamides is 1. The predicted octanol–water partition coefficient (Wildman–Crippen LogP) is 2.30. The van der Waals surface area contributed by atoms with Crippen molar-refractivity contribution in [3.8, 4) is 0 Å². The maximum Gasteiger partial charge on any atom is 0.329 e. The summed E-state index contributed by atoms with van der Waals surface area (Å²) in [5, 5.41) is 12.2. The van der Waals surface area contributed by atoms with E-state index in [9.17, 15) is 23.1 Å². The quantitative estimate of drug-likeness (QED) is 0.797. The fourth-order valence-electron chi connectivity index (χ4n) is 3.92. The number of carboxylic acids is 1. The summed E-state index contributed by atoms with van der Waals surface area (Å²) in [7, 11) is -3.66. The molecule has 1 aromatic carbocycles. The van der Waals surface area contributed by atoms with Gasteiger partial charge in [0.05, 0.1) is 4.90 Å². The van der Waals surface area contributed by atoms with E-state index < -0.39 is 27.4 Å². The van der Waals surface area contributed by atoms with Gasteiger partial charge in [-0.2, -0.15) is 4.31 Å². The van der Waals surface area contributed by atoms with E-state index >= 15 is 0 Å². The molecule has 2 fully saturated rings. The number of hydrogen-bond acceptors (Lipinski definition) is 4. The number of carbonyl (C=O) groups excluding carboxylic acids is 1. The molecule has 1 aromatic rings. The number of nitrogens with one attached hydrogen (secondary N) is 1. The lowest BCUT2D eigenvalue weighted by Gasteiger charge is -2.27. The fourth-order valence-corrected chi connectivity index (χ4v) is 5.46. The second kappa shape index (κ2) is 7.59. The van der Waals surface area contributed by atoms with Gasteiger partial charge in [-0.3, -0.25) is 4.79 Å². The van der Waals surface area contributed by atoms with Crippen molar-refractivity contribution in [1.82, 2.24) is 9.62 Å². The van der Waals surface area contributed by atoms with Crippen LogP contribution in [0.2, 0.25) is 0 Å². The molecule has 8 heteroatoms. The normalized spacial score (nSPS) is 20.3. The van der Waals surface area contributed by atoms with E-state index in [0.29, 0.717) is 31.5 Å². The molecule has 1 saturated heterocycles. The molecule has 3 rings (SSSR count). The summed E-state index contributed by atoms with van der Waals surface area (Å²) < 4.78 is 27.2. The molecular formula is C19H26N2O5S. The molecular weight excluding hydrogens is 368 g/mol. The molecule has 0 aromatic heterocycles. The van der Waals surface area contributed by atoms with Crippen LogP contribution in [-0.2, 0) is 14.8 Å². The number of aliphatic carboxylic acids is 1. The first-order chi connectivity index (χ1) is 12.8. The molecule has 1 aliphatic heterocycles. The smallest absolute Gasteiger partial charge is 0.329 e. The highest BCUT2D eigenvalue weighted by Gasteiger charge is 2.43. The van der Waals surface area contributed by atoms with Crippen molar-refractivity contribution in [2.24, 2.45) is 0 Å². The summed E-state index contributed by atoms with van der Waals surface area (Å²) in [4.78, 5) is 24.6. The molecule has 1 amide bonds. The molecule has 0 spiro atoms. The van der Waals surface area contributed by atoms with Gasteiger partial charge in [-0.1, -0.05) is 25.3 Å². The number of carbonyl (C=O) groups is 2. The lowest BCUT2D eigenvalue weighted by atomic mass is 9.96. The van der Waals surface area contributed by atoms with Crippen LogP contribution in [0.5, 0.6) is 0 Å². The molecule has 1 saturated carbocycles. The SMILES string of the molecule is Cc1ccc(S(=O)(=O)N2CCCCC2)cc1C(=O)NC1(C(=O)O)CCCC1. The summed E-state index contributed by atoms with van der Waals surface area (Å²) in [6.45, 7) is 2.69. The van der Waals surface area contributed by atoms with E-state index in [1.807, 2.05) is 0 Å². The van der Waals surface area contributed by atoms with E-state index in [1.54, 1.807) is 13.0 Å². The highest BCUT2D eigenvalue weighted by molar-refractivity contribution is 7.89. The fraction of sp³-hybridized carbons (Fsp3) is 0.579. The summed E-state index contributed by atoms with van der Waals surface area (Å²) in [5.74, 6) is -1.57. The van der Waals surface area contributed by atoms with Gasteiger partial charge in [0.15, 0.2) is 0 Å². The molecule has 0 atom stereocenters. The highest BCUT2D eigenvalue weighted by Crippen LogP contribution is 2.31. The van der Waals surface area contributed by atoms with Crippen LogP contribution in [0, 0.1) is 6.92 Å². The second-order valence-corrected chi connectivity index (χ2v) is 9.43. The zero-order chi connectivity index (χ0) is 19.7. The van der Waals surface area contributed by atoms with E-state index in [0.717, 1.165) is 32.1 Å². The molecule has 0 bridgehead atoms. The summed E-state index contributed by atoms with van der Waals surface area (Å²) in [6, 6.07) is 4.49. The largest absolute Gasteiger partial charge is 0.480 e. The predicted molar refractivity (Wildman–Crippen MR) is 100 cm³/mol. The van der Waals surface area contributed by atoms with Gasteiger partial charge < -0.3 is 10.4 Å². The van der Waals surface area contributed by atoms with Gasteiger partial charge in [0.1, 0.15) is 5.54 Å². The highest BCUT2D eigenvalue weighted by atomic mass is 32.2. The minimum Gasteiger partial charge on any atom is -0.480 e. The third-order valence-corrected chi connectivity index (χ3v) is 7.52. The van der Waals surface area contributed by atoms with Crippen LogP contribution in [0.1, 0.15) is 60.9 Å². The number of rotatable bonds is 5. The molecule has 0 radical (unpaired) electrons. The average Bonchev–Trinajstić information content (AvgIpc) is 3.12. The maximum absolute atomic E-state index is 12.9. The number of amides is 1. The Balaban J connectivity index is 1.89. The van der Waals surface area contributed by atoms with Gasteiger partial charge in [-0.05, 0) is 50.3 Å². The van der Waals surface area contributed by atoms with E-state index in [4.69, 9.17) is 0 Å². The van der Waals surface area contributed by atoms with Crippen molar-refractivity contribution in [2.45, 2.75) is 62.3 Å². The van der Waals surface area contributed by atoms with Crippen LogP contribution in [-0.4, -0.2) is 48.3 Å². The van der Waals surface area contributed by atoms with Crippen LogP contribution >= 0.6 is 0 Å². The van der Waals surface area contributed by atoms with Gasteiger partial charge in [-0.25, -0.2) is 13.2 Å². The van der Waals surface area contributed by atoms with Crippen molar-refractivity contribution >= 4 is 21.9 Å². The Bertz CT molecular complexity index is 838. The summed E-state index contributed by atoms with van der Waals surface area (Å²) in [6.07, 6.45) is 4.95. The third kappa shape index (κ3) is 3.87. The van der Waals surface area contributed by atoms with Gasteiger partial charge in [0.2, 0.25) is 10.0 Å². The number of aryl methyl sites for hydroxylation is 1. The number of piperidine rings is 1. The van der Waals surface area contributed by atoms with Crippen molar-refractivity contribution in [2.75, 3.05) is 13.1 Å². The molecule has 27 heavy (non-hydrogen) atoms. The Morgan fingerprint density at radius 1 is 1.07 bits per heavy atom. The first-order valence-electron chi connectivity index (χ1n) is 9.43. The summed E-state index contributed by atoms with van der Waals surface area (Å²) in [5.41, 5.74) is -0.435.